The summed E-state index contributed by atoms with van der Waals surface area (Å²) in [6.45, 7) is 6.25. The number of Topliss-reactive ketones (excluding diaryl/α,β-unsaturated/α-hetero) is 1. The Labute approximate surface area is 128 Å². The minimum atomic E-state index is 0.188. The van der Waals surface area contributed by atoms with Crippen molar-refractivity contribution in [2.75, 3.05) is 0 Å². The number of carbonyl (C=O) groups excluding carboxylic acids is 1. The van der Waals surface area contributed by atoms with Crippen molar-refractivity contribution in [2.24, 2.45) is 0 Å². The molecule has 0 radical (unpaired) electrons. The van der Waals surface area contributed by atoms with Crippen molar-refractivity contribution in [2.45, 2.75) is 27.2 Å². The van der Waals surface area contributed by atoms with Crippen LogP contribution in [0.25, 0.3) is 0 Å². The van der Waals surface area contributed by atoms with Gasteiger partial charge >= 0.3 is 0 Å². The van der Waals surface area contributed by atoms with Crippen LogP contribution < -0.4 is 0 Å². The van der Waals surface area contributed by atoms with Gasteiger partial charge in [-0.2, -0.15) is 0 Å². The van der Waals surface area contributed by atoms with E-state index in [0.717, 1.165) is 14.7 Å². The van der Waals surface area contributed by atoms with Gasteiger partial charge in [-0.25, -0.2) is 0 Å². The van der Waals surface area contributed by atoms with Crippen molar-refractivity contribution in [3.63, 3.8) is 0 Å². The molecule has 98 valence electrons. The molecule has 2 rings (SSSR count). The first-order chi connectivity index (χ1) is 8.97. The lowest BCUT2D eigenvalue weighted by Gasteiger charge is -2.11. The molecule has 0 N–H and O–H groups in total. The van der Waals surface area contributed by atoms with Crippen LogP contribution in [0.3, 0.4) is 0 Å². The molecule has 2 aromatic rings. The van der Waals surface area contributed by atoms with Gasteiger partial charge in [0.2, 0.25) is 0 Å². The van der Waals surface area contributed by atoms with Crippen molar-refractivity contribution in [3.8, 4) is 0 Å². The first-order valence-corrected chi connectivity index (χ1v) is 7.41. The highest BCUT2D eigenvalue weighted by Crippen LogP contribution is 2.19. The summed E-state index contributed by atoms with van der Waals surface area (Å²) in [7, 11) is 0. The van der Waals surface area contributed by atoms with Crippen molar-refractivity contribution in [1.29, 1.82) is 0 Å². The van der Waals surface area contributed by atoms with E-state index in [-0.39, 0.29) is 5.78 Å². The molecular weight excluding hydrogens is 347 g/mol. The van der Waals surface area contributed by atoms with Crippen molar-refractivity contribution in [3.05, 3.63) is 67.8 Å². The smallest absolute Gasteiger partial charge is 0.167 e. The maximum atomic E-state index is 12.4. The second-order valence-corrected chi connectivity index (χ2v) is 6.23. The summed E-state index contributed by atoms with van der Waals surface area (Å²) in [5, 5.41) is 0. The zero-order valence-electron chi connectivity index (χ0n) is 11.5. The molecule has 0 fully saturated rings. The summed E-state index contributed by atoms with van der Waals surface area (Å²) in [6, 6.07) is 12.1. The van der Waals surface area contributed by atoms with Crippen LogP contribution in [0.1, 0.15) is 32.6 Å². The first-order valence-electron chi connectivity index (χ1n) is 6.33. The van der Waals surface area contributed by atoms with Crippen LogP contribution in [-0.2, 0) is 6.42 Å². The SMILES string of the molecule is Cc1cc(C)c(CC(=O)c2cccc(I)c2)c(C)c1. The Kier molecular flexibility index (Phi) is 4.40. The maximum Gasteiger partial charge on any atom is 0.167 e. The number of carbonyl (C=O) groups is 1. The monoisotopic (exact) mass is 364 g/mol. The fourth-order valence-electron chi connectivity index (χ4n) is 2.41. The summed E-state index contributed by atoms with van der Waals surface area (Å²) in [6.07, 6.45) is 0.484. The third kappa shape index (κ3) is 3.44. The fourth-order valence-corrected chi connectivity index (χ4v) is 2.96. The van der Waals surface area contributed by atoms with Crippen molar-refractivity contribution >= 4 is 28.4 Å². The zero-order valence-corrected chi connectivity index (χ0v) is 13.6. The largest absolute Gasteiger partial charge is 0.294 e. The number of hydrogen-bond donors (Lipinski definition) is 0. The standard InChI is InChI=1S/C17H17IO/c1-11-7-12(2)16(13(3)8-11)10-17(19)14-5-4-6-15(18)9-14/h4-9H,10H2,1-3H3. The van der Waals surface area contributed by atoms with Crippen LogP contribution >= 0.6 is 22.6 Å². The highest BCUT2D eigenvalue weighted by atomic mass is 127. The molecule has 0 atom stereocenters. The summed E-state index contributed by atoms with van der Waals surface area (Å²) in [5.74, 6) is 0.188. The van der Waals surface area contributed by atoms with Gasteiger partial charge in [0.1, 0.15) is 0 Å². The van der Waals surface area contributed by atoms with Gasteiger partial charge in [-0.1, -0.05) is 29.8 Å². The van der Waals surface area contributed by atoms with Crippen LogP contribution in [0.2, 0.25) is 0 Å². The number of halogens is 1. The number of benzene rings is 2. The lowest BCUT2D eigenvalue weighted by Crippen LogP contribution is -2.07. The summed E-state index contributed by atoms with van der Waals surface area (Å²) < 4.78 is 1.10. The molecule has 0 amide bonds. The van der Waals surface area contributed by atoms with Crippen molar-refractivity contribution < 1.29 is 4.79 Å². The lowest BCUT2D eigenvalue weighted by molar-refractivity contribution is 0.0992. The van der Waals surface area contributed by atoms with Crippen LogP contribution in [0.5, 0.6) is 0 Å². The van der Waals surface area contributed by atoms with Crippen LogP contribution in [-0.4, -0.2) is 5.78 Å². The van der Waals surface area contributed by atoms with Gasteiger partial charge in [-0.3, -0.25) is 4.79 Å². The number of aryl methyl sites for hydroxylation is 3. The van der Waals surface area contributed by atoms with Gasteiger partial charge in [0.25, 0.3) is 0 Å². The highest BCUT2D eigenvalue weighted by Gasteiger charge is 2.11. The van der Waals surface area contributed by atoms with Crippen LogP contribution in [0.4, 0.5) is 0 Å². The molecule has 0 bridgehead atoms. The molecule has 0 aliphatic rings. The Hall–Kier alpha value is -1.16. The van der Waals surface area contributed by atoms with E-state index >= 15 is 0 Å². The quantitative estimate of drug-likeness (QED) is 0.573. The molecule has 0 aliphatic carbocycles. The van der Waals surface area contributed by atoms with Gasteiger partial charge in [0.15, 0.2) is 5.78 Å². The normalized spacial score (nSPS) is 10.5. The second kappa shape index (κ2) is 5.87. The van der Waals surface area contributed by atoms with Gasteiger partial charge in [0, 0.05) is 15.6 Å². The molecule has 2 aromatic carbocycles. The fraction of sp³-hybridized carbons (Fsp3) is 0.235. The molecular formula is C17H17IO. The zero-order chi connectivity index (χ0) is 14.0. The van der Waals surface area contributed by atoms with E-state index in [9.17, 15) is 4.79 Å². The first kappa shape index (κ1) is 14.3. The molecule has 0 spiro atoms. The second-order valence-electron chi connectivity index (χ2n) is 4.99. The molecule has 0 heterocycles. The topological polar surface area (TPSA) is 17.1 Å². The summed E-state index contributed by atoms with van der Waals surface area (Å²) in [5.41, 5.74) is 5.62. The van der Waals surface area contributed by atoms with E-state index in [4.69, 9.17) is 0 Å². The molecule has 19 heavy (non-hydrogen) atoms. The molecule has 0 unspecified atom stereocenters. The van der Waals surface area contributed by atoms with Crippen molar-refractivity contribution in [1.82, 2.24) is 0 Å². The molecule has 2 heteroatoms. The third-order valence-electron chi connectivity index (χ3n) is 3.32. The minimum absolute atomic E-state index is 0.188. The van der Waals surface area contributed by atoms with Crippen LogP contribution in [0.15, 0.2) is 36.4 Å². The predicted molar refractivity (Wildman–Crippen MR) is 87.8 cm³/mol. The highest BCUT2D eigenvalue weighted by molar-refractivity contribution is 14.1. The van der Waals surface area contributed by atoms with Gasteiger partial charge in [-0.15, -0.1) is 0 Å². The molecule has 0 saturated carbocycles. The average Bonchev–Trinajstić information content (AvgIpc) is 2.33. The predicted octanol–water partition coefficient (Wildman–Crippen LogP) is 4.64. The summed E-state index contributed by atoms with van der Waals surface area (Å²) >= 11 is 2.24. The number of rotatable bonds is 3. The Morgan fingerprint density at radius 2 is 1.68 bits per heavy atom. The maximum absolute atomic E-state index is 12.4. The Bertz CT molecular complexity index is 606. The van der Waals surface area contributed by atoms with E-state index in [1.54, 1.807) is 0 Å². The van der Waals surface area contributed by atoms with E-state index in [2.05, 4.69) is 55.5 Å². The molecule has 0 aromatic heterocycles. The van der Waals surface area contributed by atoms with Gasteiger partial charge < -0.3 is 0 Å². The Morgan fingerprint density at radius 1 is 1.05 bits per heavy atom. The van der Waals surface area contributed by atoms with Crippen LogP contribution in [0, 0.1) is 24.3 Å². The average molecular weight is 364 g/mol. The van der Waals surface area contributed by atoms with E-state index in [1.165, 1.54) is 16.7 Å². The molecule has 0 aliphatic heterocycles. The lowest BCUT2D eigenvalue weighted by atomic mass is 9.94. The van der Waals surface area contributed by atoms with E-state index in [1.807, 2.05) is 24.3 Å². The van der Waals surface area contributed by atoms with Gasteiger partial charge in [0.05, 0.1) is 0 Å². The van der Waals surface area contributed by atoms with E-state index < -0.39 is 0 Å². The van der Waals surface area contributed by atoms with Gasteiger partial charge in [-0.05, 0) is 72.2 Å². The number of ketones is 1. The minimum Gasteiger partial charge on any atom is -0.294 e. The Morgan fingerprint density at radius 3 is 2.26 bits per heavy atom. The molecule has 0 saturated heterocycles. The Balaban J connectivity index is 2.29. The summed E-state index contributed by atoms with van der Waals surface area (Å²) in [4.78, 5) is 12.4. The number of hydrogen-bond acceptors (Lipinski definition) is 1. The molecule has 1 nitrogen and oxygen atoms in total. The third-order valence-corrected chi connectivity index (χ3v) is 4.00. The van der Waals surface area contributed by atoms with E-state index in [0.29, 0.717) is 6.42 Å².